The van der Waals surface area contributed by atoms with Gasteiger partial charge in [-0.15, -0.1) is 0 Å². The lowest BCUT2D eigenvalue weighted by molar-refractivity contribution is -0.384. The van der Waals surface area contributed by atoms with E-state index in [-0.39, 0.29) is 35.4 Å². The van der Waals surface area contributed by atoms with Crippen molar-refractivity contribution in [2.75, 3.05) is 30.4 Å². The number of urea groups is 1. The maximum atomic E-state index is 13.0. The van der Waals surface area contributed by atoms with Crippen LogP contribution in [0.15, 0.2) is 66.7 Å². The van der Waals surface area contributed by atoms with Gasteiger partial charge < -0.3 is 15.4 Å². The largest absolute Gasteiger partial charge is 0.497 e. The Kier molecular flexibility index (Phi) is 8.88. The van der Waals surface area contributed by atoms with Crippen LogP contribution in [0.4, 0.5) is 21.9 Å². The fourth-order valence-electron chi connectivity index (χ4n) is 3.20. The third kappa shape index (κ3) is 7.08. The van der Waals surface area contributed by atoms with Gasteiger partial charge in [0.25, 0.3) is 11.6 Å². The molecule has 0 radical (unpaired) electrons. The number of nitrogens with zero attached hydrogens (tertiary/aromatic N) is 2. The van der Waals surface area contributed by atoms with E-state index in [1.54, 1.807) is 55.6 Å². The lowest BCUT2D eigenvalue weighted by Crippen LogP contribution is -2.37. The average molecular weight is 517 g/mol. The van der Waals surface area contributed by atoms with Gasteiger partial charge in [-0.3, -0.25) is 19.8 Å². The molecule has 0 saturated heterocycles. The molecule has 0 atom stereocenters. The minimum atomic E-state index is -0.588. The molecule has 0 unspecified atom stereocenters. The van der Waals surface area contributed by atoms with E-state index in [2.05, 4.69) is 10.6 Å². The Balaban J connectivity index is 1.65. The van der Waals surface area contributed by atoms with Crippen LogP contribution in [0.3, 0.4) is 0 Å². The molecule has 0 spiro atoms. The average Bonchev–Trinajstić information content (AvgIpc) is 2.83. The second-order valence-corrected chi connectivity index (χ2v) is 8.16. The number of non-ortho nitro benzene ring substituents is 1. The smallest absolute Gasteiger partial charge is 0.326 e. The van der Waals surface area contributed by atoms with Gasteiger partial charge in [0.2, 0.25) is 0 Å². The number of ether oxygens (including phenoxy) is 1. The number of amides is 3. The molecule has 3 aromatic rings. The second kappa shape index (κ2) is 12.0. The highest BCUT2D eigenvalue weighted by Gasteiger charge is 2.18. The Bertz CT molecular complexity index is 1220. The number of hydrogen-bond acceptors (Lipinski definition) is 5. The van der Waals surface area contributed by atoms with Gasteiger partial charge >= 0.3 is 6.03 Å². The summed E-state index contributed by atoms with van der Waals surface area (Å²) < 4.78 is 5.19. The minimum absolute atomic E-state index is 0.0162. The van der Waals surface area contributed by atoms with Gasteiger partial charge in [-0.2, -0.15) is 0 Å². The highest BCUT2D eigenvalue weighted by molar-refractivity contribution is 6.34. The molecule has 0 aliphatic rings. The molecule has 0 bridgehead atoms. The summed E-state index contributed by atoms with van der Waals surface area (Å²) in [4.78, 5) is 37.3. The Hall–Kier alpha value is -3.82. The topological polar surface area (TPSA) is 114 Å². The van der Waals surface area contributed by atoms with Crippen LogP contribution >= 0.6 is 23.2 Å². The van der Waals surface area contributed by atoms with Crippen molar-refractivity contribution >= 4 is 52.2 Å². The van der Waals surface area contributed by atoms with Crippen molar-refractivity contribution in [1.82, 2.24) is 5.32 Å². The summed E-state index contributed by atoms with van der Waals surface area (Å²) in [7, 11) is 1.55. The number of benzene rings is 3. The number of rotatable bonds is 9. The van der Waals surface area contributed by atoms with Crippen molar-refractivity contribution in [2.24, 2.45) is 0 Å². The Morgan fingerprint density at radius 3 is 2.43 bits per heavy atom. The van der Waals surface area contributed by atoms with Crippen molar-refractivity contribution < 1.29 is 19.2 Å². The minimum Gasteiger partial charge on any atom is -0.497 e. The summed E-state index contributed by atoms with van der Waals surface area (Å²) in [6.07, 6.45) is 0.422. The van der Waals surface area contributed by atoms with Crippen molar-refractivity contribution in [2.45, 2.75) is 6.42 Å². The van der Waals surface area contributed by atoms with E-state index in [1.165, 1.54) is 17.0 Å². The van der Waals surface area contributed by atoms with Crippen LogP contribution in [0.1, 0.15) is 16.8 Å². The van der Waals surface area contributed by atoms with Crippen LogP contribution in [0.25, 0.3) is 0 Å². The van der Waals surface area contributed by atoms with Crippen LogP contribution in [0, 0.1) is 10.1 Å². The first-order valence-electron chi connectivity index (χ1n) is 10.5. The highest BCUT2D eigenvalue weighted by atomic mass is 35.5. The van der Waals surface area contributed by atoms with Crippen molar-refractivity contribution in [3.8, 4) is 5.75 Å². The lowest BCUT2D eigenvalue weighted by atomic mass is 10.2. The lowest BCUT2D eigenvalue weighted by Gasteiger charge is -2.24. The highest BCUT2D eigenvalue weighted by Crippen LogP contribution is 2.23. The predicted octanol–water partition coefficient (Wildman–Crippen LogP) is 5.77. The van der Waals surface area contributed by atoms with E-state index in [4.69, 9.17) is 27.9 Å². The Morgan fingerprint density at radius 2 is 1.80 bits per heavy atom. The van der Waals surface area contributed by atoms with Crippen molar-refractivity contribution in [1.29, 1.82) is 0 Å². The molecule has 0 heterocycles. The summed E-state index contributed by atoms with van der Waals surface area (Å²) in [5.41, 5.74) is 1.10. The van der Waals surface area contributed by atoms with Gasteiger partial charge in [-0.25, -0.2) is 4.79 Å². The molecule has 2 N–H and O–H groups in total. The standard InChI is InChI=1S/C24H22Cl2N4O5/c1-35-20-9-6-18(7-10-20)29(24(32)28-17-5-2-4-16(25)14-17)13-3-12-27-23(31)21-11-8-19(30(33)34)15-22(21)26/h2,4-11,14-15H,3,12-13H2,1H3,(H,27,31)(H,28,32). The third-order valence-electron chi connectivity index (χ3n) is 4.96. The van der Waals surface area contributed by atoms with Crippen LogP contribution < -0.4 is 20.3 Å². The van der Waals surface area contributed by atoms with Crippen LogP contribution in [0.2, 0.25) is 10.0 Å². The quantitative estimate of drug-likeness (QED) is 0.213. The number of hydrogen-bond donors (Lipinski definition) is 2. The van der Waals surface area contributed by atoms with Gasteiger partial charge in [0.1, 0.15) is 5.75 Å². The molecule has 35 heavy (non-hydrogen) atoms. The van der Waals surface area contributed by atoms with E-state index in [1.807, 2.05) is 0 Å². The second-order valence-electron chi connectivity index (χ2n) is 7.32. The fourth-order valence-corrected chi connectivity index (χ4v) is 3.65. The van der Waals surface area contributed by atoms with Crippen LogP contribution in [-0.4, -0.2) is 37.1 Å². The number of nitro groups is 1. The summed E-state index contributed by atoms with van der Waals surface area (Å²) in [6, 6.07) is 17.1. The molecule has 0 fully saturated rings. The van der Waals surface area contributed by atoms with Crippen molar-refractivity contribution in [3.63, 3.8) is 0 Å². The summed E-state index contributed by atoms with van der Waals surface area (Å²) in [5, 5.41) is 16.9. The summed E-state index contributed by atoms with van der Waals surface area (Å²) >= 11 is 12.0. The first-order chi connectivity index (χ1) is 16.8. The van der Waals surface area contributed by atoms with Crippen molar-refractivity contribution in [3.05, 3.63) is 92.5 Å². The number of nitro benzene ring substituents is 1. The van der Waals surface area contributed by atoms with Crippen LogP contribution in [-0.2, 0) is 0 Å². The number of nitrogens with one attached hydrogen (secondary N) is 2. The summed E-state index contributed by atoms with van der Waals surface area (Å²) in [5.74, 6) is 0.181. The van der Waals surface area contributed by atoms with E-state index in [0.717, 1.165) is 6.07 Å². The van der Waals surface area contributed by atoms with Gasteiger partial charge in [-0.05, 0) is 55.0 Å². The molecule has 11 heteroatoms. The monoisotopic (exact) mass is 516 g/mol. The maximum Gasteiger partial charge on any atom is 0.326 e. The number of carbonyl (C=O) groups excluding carboxylic acids is 2. The SMILES string of the molecule is COc1ccc(N(CCCNC(=O)c2ccc([N+](=O)[O-])cc2Cl)C(=O)Nc2cccc(Cl)c2)cc1. The van der Waals surface area contributed by atoms with Gasteiger partial charge in [0, 0.05) is 41.6 Å². The van der Waals surface area contributed by atoms with Gasteiger partial charge in [-0.1, -0.05) is 29.3 Å². The maximum absolute atomic E-state index is 13.0. The predicted molar refractivity (Wildman–Crippen MR) is 136 cm³/mol. The Morgan fingerprint density at radius 1 is 1.06 bits per heavy atom. The van der Waals surface area contributed by atoms with E-state index >= 15 is 0 Å². The molecule has 182 valence electrons. The van der Waals surface area contributed by atoms with Crippen LogP contribution in [0.5, 0.6) is 5.75 Å². The molecule has 0 aliphatic carbocycles. The zero-order valence-electron chi connectivity index (χ0n) is 18.7. The van der Waals surface area contributed by atoms with E-state index < -0.39 is 10.8 Å². The van der Waals surface area contributed by atoms with Gasteiger partial charge in [0.05, 0.1) is 22.6 Å². The number of anilines is 2. The first-order valence-corrected chi connectivity index (χ1v) is 11.2. The molecule has 0 saturated carbocycles. The molecular weight excluding hydrogens is 495 g/mol. The third-order valence-corrected chi connectivity index (χ3v) is 5.51. The molecular formula is C24H22Cl2N4O5. The first kappa shape index (κ1) is 25.8. The zero-order chi connectivity index (χ0) is 25.4. The molecule has 3 aromatic carbocycles. The van der Waals surface area contributed by atoms with Gasteiger partial charge in [0.15, 0.2) is 0 Å². The fraction of sp³-hybridized carbons (Fsp3) is 0.167. The number of halogens is 2. The molecule has 0 aliphatic heterocycles. The van der Waals surface area contributed by atoms with E-state index in [9.17, 15) is 19.7 Å². The molecule has 3 rings (SSSR count). The number of methoxy groups -OCH3 is 1. The van der Waals surface area contributed by atoms with E-state index in [0.29, 0.717) is 28.6 Å². The molecule has 0 aromatic heterocycles. The zero-order valence-corrected chi connectivity index (χ0v) is 20.2. The normalized spacial score (nSPS) is 10.4. The molecule has 3 amide bonds. The number of carbonyl (C=O) groups is 2. The summed E-state index contributed by atoms with van der Waals surface area (Å²) in [6.45, 7) is 0.524. The molecule has 9 nitrogen and oxygen atoms in total. The Labute approximate surface area is 211 Å².